The smallest absolute Gasteiger partial charge is 0.149 e. The average molecular weight is 192 g/mol. The molecule has 0 aromatic carbocycles. The number of hydrogen-bond donors (Lipinski definition) is 2. The molecule has 3 N–H and O–H groups in total. The zero-order valence-electron chi connectivity index (χ0n) is 8.40. The number of hydrogen-bond acceptors (Lipinski definition) is 4. The molecule has 14 heavy (non-hydrogen) atoms. The number of nitrogens with zero attached hydrogens (tertiary/aromatic N) is 2. The van der Waals surface area contributed by atoms with Crippen molar-refractivity contribution < 1.29 is 0 Å². The van der Waals surface area contributed by atoms with Crippen LogP contribution in [0.1, 0.15) is 6.42 Å². The van der Waals surface area contributed by atoms with Gasteiger partial charge in [0.25, 0.3) is 0 Å². The Morgan fingerprint density at radius 2 is 2.50 bits per heavy atom. The van der Waals surface area contributed by atoms with Gasteiger partial charge in [-0.25, -0.2) is 4.98 Å². The van der Waals surface area contributed by atoms with Crippen LogP contribution in [0.5, 0.6) is 0 Å². The summed E-state index contributed by atoms with van der Waals surface area (Å²) in [6.07, 6.45) is 2.92. The SMILES string of the molecule is CN1CCC(Nc2ncccc2N)C1. The predicted octanol–water partition coefficient (Wildman–Crippen LogP) is 0.780. The Morgan fingerprint density at radius 1 is 1.64 bits per heavy atom. The highest BCUT2D eigenvalue weighted by Crippen LogP contribution is 2.17. The second-order valence-electron chi connectivity index (χ2n) is 3.83. The third kappa shape index (κ3) is 1.96. The third-order valence-corrected chi connectivity index (χ3v) is 2.57. The molecular weight excluding hydrogens is 176 g/mol. The Morgan fingerprint density at radius 3 is 3.14 bits per heavy atom. The highest BCUT2D eigenvalue weighted by Gasteiger charge is 2.19. The molecule has 0 aliphatic carbocycles. The minimum atomic E-state index is 0.484. The number of pyridine rings is 1. The van der Waals surface area contributed by atoms with Gasteiger partial charge in [-0.05, 0) is 32.1 Å². The summed E-state index contributed by atoms with van der Waals surface area (Å²) in [6.45, 7) is 2.21. The molecule has 1 unspecified atom stereocenters. The molecule has 0 saturated carbocycles. The minimum absolute atomic E-state index is 0.484. The van der Waals surface area contributed by atoms with Crippen molar-refractivity contribution in [3.05, 3.63) is 18.3 Å². The van der Waals surface area contributed by atoms with Gasteiger partial charge in [0.05, 0.1) is 5.69 Å². The number of nitrogen functional groups attached to an aromatic ring is 1. The molecule has 0 bridgehead atoms. The number of rotatable bonds is 2. The van der Waals surface area contributed by atoms with E-state index in [9.17, 15) is 0 Å². The molecule has 1 atom stereocenters. The van der Waals surface area contributed by atoms with Gasteiger partial charge < -0.3 is 16.0 Å². The van der Waals surface area contributed by atoms with Gasteiger partial charge in [-0.15, -0.1) is 0 Å². The van der Waals surface area contributed by atoms with E-state index in [2.05, 4.69) is 22.2 Å². The molecule has 1 aliphatic rings. The van der Waals surface area contributed by atoms with Crippen LogP contribution in [0.25, 0.3) is 0 Å². The van der Waals surface area contributed by atoms with Crippen LogP contribution in [0.3, 0.4) is 0 Å². The highest BCUT2D eigenvalue weighted by atomic mass is 15.2. The summed E-state index contributed by atoms with van der Waals surface area (Å²) in [4.78, 5) is 6.51. The molecule has 2 heterocycles. The number of likely N-dealkylation sites (N-methyl/N-ethyl adjacent to an activating group) is 1. The number of nitrogens with two attached hydrogens (primary N) is 1. The molecule has 0 spiro atoms. The van der Waals surface area contributed by atoms with E-state index in [1.54, 1.807) is 6.20 Å². The first-order chi connectivity index (χ1) is 6.75. The molecule has 1 saturated heterocycles. The van der Waals surface area contributed by atoms with Crippen molar-refractivity contribution in [2.24, 2.45) is 0 Å². The Labute approximate surface area is 84.1 Å². The molecule has 0 radical (unpaired) electrons. The number of anilines is 2. The van der Waals surface area contributed by atoms with Crippen molar-refractivity contribution in [3.8, 4) is 0 Å². The van der Waals surface area contributed by atoms with Crippen LogP contribution in [-0.4, -0.2) is 36.1 Å². The van der Waals surface area contributed by atoms with Gasteiger partial charge in [-0.2, -0.15) is 0 Å². The van der Waals surface area contributed by atoms with E-state index in [1.165, 1.54) is 0 Å². The lowest BCUT2D eigenvalue weighted by molar-refractivity contribution is 0.414. The van der Waals surface area contributed by atoms with Gasteiger partial charge in [0.15, 0.2) is 0 Å². The zero-order chi connectivity index (χ0) is 9.97. The molecule has 1 aromatic heterocycles. The van der Waals surface area contributed by atoms with Crippen LogP contribution in [-0.2, 0) is 0 Å². The predicted molar refractivity (Wildman–Crippen MR) is 58.2 cm³/mol. The van der Waals surface area contributed by atoms with Crippen molar-refractivity contribution in [1.29, 1.82) is 0 Å². The van der Waals surface area contributed by atoms with Gasteiger partial charge in [-0.1, -0.05) is 0 Å². The molecule has 1 aromatic rings. The van der Waals surface area contributed by atoms with E-state index in [0.29, 0.717) is 6.04 Å². The Hall–Kier alpha value is -1.29. The summed E-state index contributed by atoms with van der Waals surface area (Å²) in [5.74, 6) is 0.813. The molecular formula is C10H16N4. The van der Waals surface area contributed by atoms with Gasteiger partial charge >= 0.3 is 0 Å². The van der Waals surface area contributed by atoms with Gasteiger partial charge in [-0.3, -0.25) is 0 Å². The minimum Gasteiger partial charge on any atom is -0.396 e. The number of nitrogens with one attached hydrogen (secondary N) is 1. The van der Waals surface area contributed by atoms with E-state index in [-0.39, 0.29) is 0 Å². The summed E-state index contributed by atoms with van der Waals surface area (Å²) in [7, 11) is 2.13. The molecule has 1 fully saturated rings. The van der Waals surface area contributed by atoms with Gasteiger partial charge in [0.1, 0.15) is 5.82 Å². The van der Waals surface area contributed by atoms with Crippen molar-refractivity contribution >= 4 is 11.5 Å². The zero-order valence-corrected chi connectivity index (χ0v) is 8.40. The first-order valence-corrected chi connectivity index (χ1v) is 4.91. The van der Waals surface area contributed by atoms with E-state index in [0.717, 1.165) is 31.0 Å². The highest BCUT2D eigenvalue weighted by molar-refractivity contribution is 5.60. The fourth-order valence-electron chi connectivity index (χ4n) is 1.78. The molecule has 4 heteroatoms. The summed E-state index contributed by atoms with van der Waals surface area (Å²) >= 11 is 0. The van der Waals surface area contributed by atoms with Crippen LogP contribution in [0, 0.1) is 0 Å². The molecule has 4 nitrogen and oxygen atoms in total. The van der Waals surface area contributed by atoms with Crippen LogP contribution >= 0.6 is 0 Å². The lowest BCUT2D eigenvalue weighted by atomic mass is 10.2. The van der Waals surface area contributed by atoms with Crippen molar-refractivity contribution in [1.82, 2.24) is 9.88 Å². The van der Waals surface area contributed by atoms with E-state index >= 15 is 0 Å². The largest absolute Gasteiger partial charge is 0.396 e. The Bertz CT molecular complexity index is 313. The Balaban J connectivity index is 2.01. The van der Waals surface area contributed by atoms with Crippen LogP contribution < -0.4 is 11.1 Å². The normalized spacial score (nSPS) is 22.5. The number of likely N-dealkylation sites (tertiary alicyclic amines) is 1. The van der Waals surface area contributed by atoms with E-state index < -0.39 is 0 Å². The fraction of sp³-hybridized carbons (Fsp3) is 0.500. The second kappa shape index (κ2) is 3.84. The monoisotopic (exact) mass is 192 g/mol. The lowest BCUT2D eigenvalue weighted by Crippen LogP contribution is -2.24. The summed E-state index contributed by atoms with van der Waals surface area (Å²) in [6, 6.07) is 4.20. The maximum Gasteiger partial charge on any atom is 0.149 e. The second-order valence-corrected chi connectivity index (χ2v) is 3.83. The molecule has 2 rings (SSSR count). The van der Waals surface area contributed by atoms with E-state index in [1.807, 2.05) is 12.1 Å². The topological polar surface area (TPSA) is 54.2 Å². The molecule has 1 aliphatic heterocycles. The standard InChI is InChI=1S/C10H16N4/c1-14-6-4-8(7-14)13-10-9(11)3-2-5-12-10/h2-3,5,8H,4,6-7,11H2,1H3,(H,12,13). The van der Waals surface area contributed by atoms with Crippen molar-refractivity contribution in [3.63, 3.8) is 0 Å². The van der Waals surface area contributed by atoms with Crippen LogP contribution in [0.15, 0.2) is 18.3 Å². The van der Waals surface area contributed by atoms with E-state index in [4.69, 9.17) is 5.73 Å². The lowest BCUT2D eigenvalue weighted by Gasteiger charge is -2.14. The third-order valence-electron chi connectivity index (χ3n) is 2.57. The maximum atomic E-state index is 5.79. The number of aromatic nitrogens is 1. The van der Waals surface area contributed by atoms with Crippen LogP contribution in [0.2, 0.25) is 0 Å². The molecule has 76 valence electrons. The van der Waals surface area contributed by atoms with Gasteiger partial charge in [0, 0.05) is 18.8 Å². The van der Waals surface area contributed by atoms with Crippen molar-refractivity contribution in [2.45, 2.75) is 12.5 Å². The summed E-state index contributed by atoms with van der Waals surface area (Å²) < 4.78 is 0. The molecule has 0 amide bonds. The van der Waals surface area contributed by atoms with Crippen LogP contribution in [0.4, 0.5) is 11.5 Å². The average Bonchev–Trinajstić information content (AvgIpc) is 2.56. The Kier molecular flexibility index (Phi) is 2.54. The summed E-state index contributed by atoms with van der Waals surface area (Å²) in [5.41, 5.74) is 6.52. The first kappa shape index (κ1) is 9.27. The maximum absolute atomic E-state index is 5.79. The summed E-state index contributed by atoms with van der Waals surface area (Å²) in [5, 5.41) is 3.36. The van der Waals surface area contributed by atoms with Crippen molar-refractivity contribution in [2.75, 3.05) is 31.2 Å². The fourth-order valence-corrected chi connectivity index (χ4v) is 1.78. The van der Waals surface area contributed by atoms with Gasteiger partial charge in [0.2, 0.25) is 0 Å². The quantitative estimate of drug-likeness (QED) is 0.727. The first-order valence-electron chi connectivity index (χ1n) is 4.91.